The van der Waals surface area contributed by atoms with Crippen LogP contribution >= 0.6 is 23.5 Å². The van der Waals surface area contributed by atoms with Gasteiger partial charge in [0.05, 0.1) is 18.6 Å². The molecular weight excluding hydrogens is 464 g/mol. The Morgan fingerprint density at radius 1 is 0.844 bits per heavy atom. The summed E-state index contributed by atoms with van der Waals surface area (Å²) >= 11 is 2.83. The Kier molecular flexibility index (Phi) is 14.7. The van der Waals surface area contributed by atoms with Crippen LogP contribution in [-0.4, -0.2) is 99.3 Å². The maximum atomic E-state index is 12.7. The van der Waals surface area contributed by atoms with E-state index in [1.54, 1.807) is 12.5 Å². The lowest BCUT2D eigenvalue weighted by atomic mass is 10.1. The lowest BCUT2D eigenvalue weighted by molar-refractivity contribution is -0.142. The van der Waals surface area contributed by atoms with E-state index in [0.717, 1.165) is 0 Å². The van der Waals surface area contributed by atoms with Crippen LogP contribution in [0.25, 0.3) is 0 Å². The fourth-order valence-electron chi connectivity index (χ4n) is 2.48. The molecule has 5 atom stereocenters. The fraction of sp³-hybridized carbons (Fsp3) is 0.722. The van der Waals surface area contributed by atoms with Gasteiger partial charge in [0, 0.05) is 0 Å². The Morgan fingerprint density at radius 3 is 1.78 bits per heavy atom. The molecule has 3 amide bonds. The second kappa shape index (κ2) is 15.7. The van der Waals surface area contributed by atoms with Gasteiger partial charge in [0.25, 0.3) is 0 Å². The van der Waals surface area contributed by atoms with Crippen LogP contribution in [0.1, 0.15) is 26.2 Å². The van der Waals surface area contributed by atoms with Crippen LogP contribution in [0.2, 0.25) is 0 Å². The van der Waals surface area contributed by atoms with Gasteiger partial charge in [-0.05, 0) is 43.8 Å². The number of thioether (sulfide) groups is 2. The van der Waals surface area contributed by atoms with Crippen LogP contribution in [0.15, 0.2) is 0 Å². The minimum Gasteiger partial charge on any atom is -0.481 e. The van der Waals surface area contributed by atoms with Crippen LogP contribution in [-0.2, 0) is 24.0 Å². The van der Waals surface area contributed by atoms with Crippen molar-refractivity contribution in [2.75, 3.05) is 24.0 Å². The van der Waals surface area contributed by atoms with Crippen molar-refractivity contribution >= 4 is 53.2 Å². The molecule has 14 heteroatoms. The third kappa shape index (κ3) is 11.5. The van der Waals surface area contributed by atoms with Crippen molar-refractivity contribution in [2.24, 2.45) is 5.73 Å². The van der Waals surface area contributed by atoms with Gasteiger partial charge in [-0.15, -0.1) is 0 Å². The van der Waals surface area contributed by atoms with E-state index in [9.17, 15) is 34.2 Å². The van der Waals surface area contributed by atoms with Gasteiger partial charge in [-0.25, -0.2) is 4.79 Å². The number of hydrogen-bond donors (Lipinski definition) is 7. The van der Waals surface area contributed by atoms with Crippen LogP contribution in [0.4, 0.5) is 0 Å². The van der Waals surface area contributed by atoms with Gasteiger partial charge in [0.15, 0.2) is 0 Å². The summed E-state index contributed by atoms with van der Waals surface area (Å²) in [7, 11) is 0. The average molecular weight is 497 g/mol. The molecule has 0 aliphatic carbocycles. The number of aliphatic hydroxyl groups is 1. The van der Waals surface area contributed by atoms with E-state index < -0.39 is 66.4 Å². The van der Waals surface area contributed by atoms with Gasteiger partial charge < -0.3 is 37.0 Å². The topological polar surface area (TPSA) is 208 Å². The lowest BCUT2D eigenvalue weighted by Crippen LogP contribution is -2.60. The molecule has 0 aromatic rings. The van der Waals surface area contributed by atoms with E-state index in [0.29, 0.717) is 11.5 Å². The molecule has 0 fully saturated rings. The number of carbonyl (C=O) groups excluding carboxylic acids is 3. The molecule has 0 radical (unpaired) electrons. The maximum Gasteiger partial charge on any atom is 0.326 e. The largest absolute Gasteiger partial charge is 0.481 e. The Morgan fingerprint density at radius 2 is 1.34 bits per heavy atom. The van der Waals surface area contributed by atoms with Crippen LogP contribution in [0.3, 0.4) is 0 Å². The summed E-state index contributed by atoms with van der Waals surface area (Å²) in [5, 5.41) is 35.0. The molecule has 0 saturated heterocycles. The number of aliphatic hydroxyl groups excluding tert-OH is 1. The van der Waals surface area contributed by atoms with Crippen molar-refractivity contribution in [1.29, 1.82) is 0 Å². The van der Waals surface area contributed by atoms with Crippen LogP contribution < -0.4 is 21.7 Å². The van der Waals surface area contributed by atoms with Crippen molar-refractivity contribution in [3.05, 3.63) is 0 Å². The zero-order valence-electron chi connectivity index (χ0n) is 18.2. The number of nitrogens with two attached hydrogens (primary N) is 1. The lowest BCUT2D eigenvalue weighted by Gasteiger charge is -2.26. The molecule has 0 aliphatic rings. The highest BCUT2D eigenvalue weighted by Gasteiger charge is 2.32. The van der Waals surface area contributed by atoms with E-state index in [2.05, 4.69) is 16.0 Å². The molecule has 0 heterocycles. The predicted octanol–water partition coefficient (Wildman–Crippen LogP) is -1.79. The molecule has 0 spiro atoms. The molecule has 0 aromatic heterocycles. The molecule has 0 bridgehead atoms. The van der Waals surface area contributed by atoms with Gasteiger partial charge in [0.1, 0.15) is 18.1 Å². The van der Waals surface area contributed by atoms with Crippen molar-refractivity contribution < 1.29 is 39.3 Å². The van der Waals surface area contributed by atoms with E-state index in [1.807, 2.05) is 0 Å². The number of aliphatic carboxylic acids is 2. The molecule has 0 aliphatic heterocycles. The number of hydrogen-bond acceptors (Lipinski definition) is 9. The Labute approximate surface area is 194 Å². The molecule has 0 saturated carbocycles. The van der Waals surface area contributed by atoms with Gasteiger partial charge in [-0.3, -0.25) is 19.2 Å². The Bertz CT molecular complexity index is 665. The molecule has 0 aromatic carbocycles. The molecule has 32 heavy (non-hydrogen) atoms. The van der Waals surface area contributed by atoms with Gasteiger partial charge in [-0.1, -0.05) is 0 Å². The van der Waals surface area contributed by atoms with Crippen LogP contribution in [0, 0.1) is 0 Å². The minimum absolute atomic E-state index is 0.173. The molecule has 8 N–H and O–H groups in total. The summed E-state index contributed by atoms with van der Waals surface area (Å²) < 4.78 is 0. The van der Waals surface area contributed by atoms with Crippen molar-refractivity contribution in [3.8, 4) is 0 Å². The van der Waals surface area contributed by atoms with Crippen LogP contribution in [0.5, 0.6) is 0 Å². The number of carboxylic acid groups (broad SMARTS) is 2. The smallest absolute Gasteiger partial charge is 0.326 e. The van der Waals surface area contributed by atoms with Crippen molar-refractivity contribution in [1.82, 2.24) is 16.0 Å². The van der Waals surface area contributed by atoms with Gasteiger partial charge in [-0.2, -0.15) is 23.5 Å². The Balaban J connectivity index is 5.35. The molecule has 5 unspecified atom stereocenters. The van der Waals surface area contributed by atoms with Crippen molar-refractivity contribution in [3.63, 3.8) is 0 Å². The molecule has 0 rings (SSSR count). The highest BCUT2D eigenvalue weighted by atomic mass is 32.2. The molecule has 184 valence electrons. The normalized spacial score (nSPS) is 15.5. The number of amides is 3. The third-order valence-electron chi connectivity index (χ3n) is 4.26. The van der Waals surface area contributed by atoms with E-state index in [-0.39, 0.29) is 12.8 Å². The van der Waals surface area contributed by atoms with E-state index in [4.69, 9.17) is 10.8 Å². The second-order valence-electron chi connectivity index (χ2n) is 6.95. The zero-order chi connectivity index (χ0) is 24.8. The number of carbonyl (C=O) groups is 5. The monoisotopic (exact) mass is 496 g/mol. The summed E-state index contributed by atoms with van der Waals surface area (Å²) in [5.41, 5.74) is 5.47. The first-order chi connectivity index (χ1) is 14.9. The maximum absolute atomic E-state index is 12.7. The summed E-state index contributed by atoms with van der Waals surface area (Å²) in [6.45, 7) is 1.23. The van der Waals surface area contributed by atoms with Gasteiger partial charge in [0.2, 0.25) is 17.7 Å². The van der Waals surface area contributed by atoms with Crippen molar-refractivity contribution in [2.45, 2.75) is 56.5 Å². The second-order valence-corrected chi connectivity index (χ2v) is 8.93. The van der Waals surface area contributed by atoms with E-state index in [1.165, 1.54) is 30.4 Å². The third-order valence-corrected chi connectivity index (χ3v) is 5.55. The zero-order valence-corrected chi connectivity index (χ0v) is 19.8. The molecule has 12 nitrogen and oxygen atoms in total. The fourth-order valence-corrected chi connectivity index (χ4v) is 3.42. The molecular formula is C18H32N4O8S2. The quantitative estimate of drug-likeness (QED) is 0.127. The van der Waals surface area contributed by atoms with E-state index >= 15 is 0 Å². The summed E-state index contributed by atoms with van der Waals surface area (Å²) in [5.74, 6) is -4.10. The summed E-state index contributed by atoms with van der Waals surface area (Å²) in [4.78, 5) is 59.5. The highest BCUT2D eigenvalue weighted by Crippen LogP contribution is 2.06. The number of nitrogens with one attached hydrogen (secondary N) is 3. The minimum atomic E-state index is -1.50. The average Bonchev–Trinajstić information content (AvgIpc) is 2.70. The Hall–Kier alpha value is -2.03. The first-order valence-corrected chi connectivity index (χ1v) is 12.5. The standard InChI is InChI=1S/C18H32N4O8S2/c1-9(23)14(22-15(26)10(19)8-13(24)25)17(28)20-11(4-6-31-2)16(27)21-12(18(29)30)5-7-32-3/h9-12,14,23H,4-8,19H2,1-3H3,(H,20,28)(H,21,27)(H,22,26)(H,24,25)(H,29,30). The van der Waals surface area contributed by atoms with Gasteiger partial charge >= 0.3 is 11.9 Å². The number of rotatable bonds is 16. The predicted molar refractivity (Wildman–Crippen MR) is 121 cm³/mol. The SMILES string of the molecule is CSCCC(NC(=O)C(CCSC)NC(=O)C(NC(=O)C(N)CC(=O)O)C(C)O)C(=O)O. The number of carboxylic acids is 2. The highest BCUT2D eigenvalue weighted by molar-refractivity contribution is 7.98. The summed E-state index contributed by atoms with van der Waals surface area (Å²) in [6, 6.07) is -5.19. The first-order valence-electron chi connectivity index (χ1n) is 9.71. The summed E-state index contributed by atoms with van der Waals surface area (Å²) in [6.07, 6.45) is 1.90. The first kappa shape index (κ1) is 30.0.